The van der Waals surface area contributed by atoms with Crippen molar-refractivity contribution in [3.05, 3.63) is 63.2 Å². The van der Waals surface area contributed by atoms with Crippen LogP contribution in [-0.4, -0.2) is 12.5 Å². The summed E-state index contributed by atoms with van der Waals surface area (Å²) in [6.07, 6.45) is 1.56. The maximum atomic E-state index is 12.2. The van der Waals surface area contributed by atoms with Gasteiger partial charge in [-0.3, -0.25) is 4.79 Å². The first-order valence-corrected chi connectivity index (χ1v) is 8.97. The van der Waals surface area contributed by atoms with E-state index in [1.807, 2.05) is 42.5 Å². The third kappa shape index (κ3) is 6.24. The Kier molecular flexibility index (Phi) is 7.02. The summed E-state index contributed by atoms with van der Waals surface area (Å²) in [5, 5.41) is 12.0. The Morgan fingerprint density at radius 2 is 1.84 bits per heavy atom. The van der Waals surface area contributed by atoms with Crippen molar-refractivity contribution in [3.63, 3.8) is 0 Å². The van der Waals surface area contributed by atoms with Crippen LogP contribution < -0.4 is 10.1 Å². The van der Waals surface area contributed by atoms with Gasteiger partial charge in [0.2, 0.25) is 0 Å². The number of halogens is 1. The van der Waals surface area contributed by atoms with E-state index in [1.165, 1.54) is 0 Å². The van der Waals surface area contributed by atoms with E-state index < -0.39 is 5.91 Å². The van der Waals surface area contributed by atoms with Crippen LogP contribution in [0.5, 0.6) is 5.75 Å². The van der Waals surface area contributed by atoms with Gasteiger partial charge in [-0.25, -0.2) is 0 Å². The zero-order valence-corrected chi connectivity index (χ0v) is 16.3. The highest BCUT2D eigenvalue weighted by Crippen LogP contribution is 2.17. The topological polar surface area (TPSA) is 62.1 Å². The van der Waals surface area contributed by atoms with Gasteiger partial charge in [0.1, 0.15) is 17.4 Å². The average Bonchev–Trinajstić information content (AvgIpc) is 2.60. The molecule has 0 aliphatic rings. The van der Waals surface area contributed by atoms with Gasteiger partial charge < -0.3 is 10.1 Å². The van der Waals surface area contributed by atoms with Gasteiger partial charge in [0.15, 0.2) is 0 Å². The molecule has 0 saturated carbocycles. The number of hydrogen-bond donors (Lipinski definition) is 1. The van der Waals surface area contributed by atoms with E-state index in [1.54, 1.807) is 18.2 Å². The molecule has 0 radical (unpaired) electrons. The normalized spacial score (nSPS) is 11.1. The lowest BCUT2D eigenvalue weighted by Gasteiger charge is -2.08. The van der Waals surface area contributed by atoms with Gasteiger partial charge in [0, 0.05) is 9.26 Å². The molecular weight excluding hydrogens is 427 g/mol. The number of nitrogens with one attached hydrogen (secondary N) is 1. The molecule has 2 aromatic carbocycles. The highest BCUT2D eigenvalue weighted by Gasteiger charge is 2.09. The third-order valence-electron chi connectivity index (χ3n) is 3.24. The number of benzene rings is 2. The number of ether oxygens (including phenoxy) is 1. The predicted octanol–water partition coefficient (Wildman–Crippen LogP) is 4.87. The van der Waals surface area contributed by atoms with Crippen LogP contribution in [0.15, 0.2) is 54.1 Å². The smallest absolute Gasteiger partial charge is 0.266 e. The molecule has 0 fully saturated rings. The first-order valence-electron chi connectivity index (χ1n) is 7.89. The minimum absolute atomic E-state index is 0.0504. The predicted molar refractivity (Wildman–Crippen MR) is 108 cm³/mol. The van der Waals surface area contributed by atoms with Gasteiger partial charge in [-0.2, -0.15) is 5.26 Å². The summed E-state index contributed by atoms with van der Waals surface area (Å²) in [4.78, 5) is 12.2. The number of nitriles is 1. The van der Waals surface area contributed by atoms with Crippen molar-refractivity contribution in [1.82, 2.24) is 0 Å². The van der Waals surface area contributed by atoms with Gasteiger partial charge >= 0.3 is 0 Å². The first-order chi connectivity index (χ1) is 12.0. The summed E-state index contributed by atoms with van der Waals surface area (Å²) in [6.45, 7) is 4.82. The number of anilines is 1. The van der Waals surface area contributed by atoms with E-state index in [0.29, 0.717) is 18.2 Å². The Balaban J connectivity index is 2.07. The van der Waals surface area contributed by atoms with Crippen molar-refractivity contribution < 1.29 is 9.53 Å². The van der Waals surface area contributed by atoms with Crippen LogP contribution in [0.4, 0.5) is 5.69 Å². The summed E-state index contributed by atoms with van der Waals surface area (Å²) in [6, 6.07) is 16.7. The molecule has 0 aliphatic heterocycles. The molecule has 2 aromatic rings. The molecule has 0 saturated heterocycles. The lowest BCUT2D eigenvalue weighted by molar-refractivity contribution is -0.112. The fourth-order valence-electron chi connectivity index (χ4n) is 1.97. The highest BCUT2D eigenvalue weighted by molar-refractivity contribution is 14.1. The molecule has 0 atom stereocenters. The SMILES string of the molecule is CC(C)COc1ccc(/C=C(\C#N)C(=O)Nc2ccc(I)cc2)cc1. The van der Waals surface area contributed by atoms with Gasteiger partial charge in [-0.1, -0.05) is 26.0 Å². The third-order valence-corrected chi connectivity index (χ3v) is 3.96. The monoisotopic (exact) mass is 446 g/mol. The fraction of sp³-hybridized carbons (Fsp3) is 0.200. The van der Waals surface area contributed by atoms with Crippen molar-refractivity contribution in [3.8, 4) is 11.8 Å². The zero-order chi connectivity index (χ0) is 18.2. The molecule has 2 rings (SSSR count). The molecule has 0 aliphatic carbocycles. The average molecular weight is 446 g/mol. The largest absolute Gasteiger partial charge is 0.493 e. The van der Waals surface area contributed by atoms with E-state index >= 15 is 0 Å². The Morgan fingerprint density at radius 3 is 2.40 bits per heavy atom. The highest BCUT2D eigenvalue weighted by atomic mass is 127. The quantitative estimate of drug-likeness (QED) is 0.391. The molecule has 0 heterocycles. The van der Waals surface area contributed by atoms with E-state index in [2.05, 4.69) is 41.8 Å². The molecule has 0 spiro atoms. The second-order valence-corrected chi connectivity index (χ2v) is 7.15. The minimum atomic E-state index is -0.427. The Morgan fingerprint density at radius 1 is 1.20 bits per heavy atom. The van der Waals surface area contributed by atoms with Gasteiger partial charge in [-0.15, -0.1) is 0 Å². The first kappa shape index (κ1) is 19.0. The maximum absolute atomic E-state index is 12.2. The van der Waals surface area contributed by atoms with Crippen molar-refractivity contribution >= 4 is 40.3 Å². The van der Waals surface area contributed by atoms with E-state index in [-0.39, 0.29) is 5.57 Å². The van der Waals surface area contributed by atoms with Crippen molar-refractivity contribution in [2.45, 2.75) is 13.8 Å². The van der Waals surface area contributed by atoms with Gasteiger partial charge in [0.05, 0.1) is 6.61 Å². The minimum Gasteiger partial charge on any atom is -0.493 e. The van der Waals surface area contributed by atoms with Crippen LogP contribution in [-0.2, 0) is 4.79 Å². The van der Waals surface area contributed by atoms with Gasteiger partial charge in [0.25, 0.3) is 5.91 Å². The zero-order valence-electron chi connectivity index (χ0n) is 14.1. The molecular formula is C20H19IN2O2. The number of nitrogens with zero attached hydrogens (tertiary/aromatic N) is 1. The summed E-state index contributed by atoms with van der Waals surface area (Å²) in [7, 11) is 0. The molecule has 1 amide bonds. The van der Waals surface area contributed by atoms with Crippen LogP contribution in [0.2, 0.25) is 0 Å². The Bertz CT molecular complexity index is 788. The van der Waals surface area contributed by atoms with Crippen LogP contribution in [0, 0.1) is 20.8 Å². The van der Waals surface area contributed by atoms with E-state index in [0.717, 1.165) is 14.9 Å². The summed E-state index contributed by atoms with van der Waals surface area (Å²) in [5.41, 5.74) is 1.48. The van der Waals surface area contributed by atoms with Crippen LogP contribution in [0.1, 0.15) is 19.4 Å². The van der Waals surface area contributed by atoms with Crippen molar-refractivity contribution in [2.24, 2.45) is 5.92 Å². The molecule has 4 nitrogen and oxygen atoms in total. The van der Waals surface area contributed by atoms with E-state index in [4.69, 9.17) is 4.74 Å². The molecule has 0 bridgehead atoms. The van der Waals surface area contributed by atoms with Gasteiger partial charge in [-0.05, 0) is 76.5 Å². The number of carbonyl (C=O) groups is 1. The van der Waals surface area contributed by atoms with Crippen LogP contribution in [0.25, 0.3) is 6.08 Å². The maximum Gasteiger partial charge on any atom is 0.266 e. The lowest BCUT2D eigenvalue weighted by atomic mass is 10.1. The molecule has 0 unspecified atom stereocenters. The summed E-state index contributed by atoms with van der Waals surface area (Å²) >= 11 is 2.19. The number of hydrogen-bond acceptors (Lipinski definition) is 3. The van der Waals surface area contributed by atoms with Crippen molar-refractivity contribution in [2.75, 3.05) is 11.9 Å². The lowest BCUT2D eigenvalue weighted by Crippen LogP contribution is -2.13. The second-order valence-electron chi connectivity index (χ2n) is 5.90. The second kappa shape index (κ2) is 9.23. The van der Waals surface area contributed by atoms with E-state index in [9.17, 15) is 10.1 Å². The fourth-order valence-corrected chi connectivity index (χ4v) is 2.33. The molecule has 128 valence electrons. The Labute approximate surface area is 161 Å². The van der Waals surface area contributed by atoms with Crippen LogP contribution >= 0.6 is 22.6 Å². The molecule has 0 aromatic heterocycles. The summed E-state index contributed by atoms with van der Waals surface area (Å²) in [5.74, 6) is 0.797. The molecule has 25 heavy (non-hydrogen) atoms. The number of rotatable bonds is 6. The number of amides is 1. The molecule has 5 heteroatoms. The number of carbonyl (C=O) groups excluding carboxylic acids is 1. The van der Waals surface area contributed by atoms with Crippen molar-refractivity contribution in [1.29, 1.82) is 5.26 Å². The standard InChI is InChI=1S/C20H19IN2O2/c1-14(2)13-25-19-9-3-15(4-10-19)11-16(12-22)20(24)23-18-7-5-17(21)6-8-18/h3-11,14H,13H2,1-2H3,(H,23,24)/b16-11+. The molecule has 1 N–H and O–H groups in total. The van der Waals surface area contributed by atoms with Crippen LogP contribution in [0.3, 0.4) is 0 Å². The summed E-state index contributed by atoms with van der Waals surface area (Å²) < 4.78 is 6.70. The Hall–Kier alpha value is -2.33.